The fourth-order valence-electron chi connectivity index (χ4n) is 2.35. The van der Waals surface area contributed by atoms with Crippen LogP contribution in [-0.4, -0.2) is 0 Å². The van der Waals surface area contributed by atoms with E-state index in [0.717, 1.165) is 30.4 Å². The summed E-state index contributed by atoms with van der Waals surface area (Å²) in [5, 5.41) is 18.2. The molecular weight excluding hydrogens is 264 g/mol. The first-order valence-corrected chi connectivity index (χ1v) is 6.71. The van der Waals surface area contributed by atoms with Crippen molar-refractivity contribution in [3.8, 4) is 23.6 Å². The molecule has 0 N–H and O–H groups in total. The largest absolute Gasteiger partial charge is 0.288 e. The summed E-state index contributed by atoms with van der Waals surface area (Å²) in [6.45, 7) is 0. The van der Waals surface area contributed by atoms with E-state index in [0.29, 0.717) is 22.6 Å². The van der Waals surface area contributed by atoms with E-state index in [9.17, 15) is 0 Å². The van der Waals surface area contributed by atoms with Gasteiger partial charge in [-0.25, -0.2) is 0 Å². The zero-order valence-corrected chi connectivity index (χ0v) is 11.3. The van der Waals surface area contributed by atoms with E-state index < -0.39 is 0 Å². The molecule has 0 radical (unpaired) electrons. The van der Waals surface area contributed by atoms with Crippen LogP contribution in [0.2, 0.25) is 0 Å². The molecule has 0 aliphatic carbocycles. The molecule has 0 amide bonds. The van der Waals surface area contributed by atoms with Crippen molar-refractivity contribution in [3.05, 3.63) is 58.7 Å². The number of rotatable bonds is 0. The topological polar surface area (TPSA) is 66.0 Å². The van der Waals surface area contributed by atoms with Crippen LogP contribution >= 0.6 is 0 Å². The molecule has 0 fully saturated rings. The number of hydrogen-bond donors (Lipinski definition) is 0. The van der Waals surface area contributed by atoms with Crippen molar-refractivity contribution in [2.45, 2.75) is 19.3 Å². The molecule has 3 rings (SSSR count). The standard InChI is InChI=1S/C17H12N2O2/c18-10-14-6-4-12-2-1-3-13-5-7-15(11-19)17(9-13)21-20-16(14)8-12/h4-9H,1-3H2. The quantitative estimate of drug-likeness (QED) is 0.692. The van der Waals surface area contributed by atoms with Gasteiger partial charge >= 0.3 is 0 Å². The molecule has 102 valence electrons. The van der Waals surface area contributed by atoms with Crippen molar-refractivity contribution >= 4 is 0 Å². The summed E-state index contributed by atoms with van der Waals surface area (Å²) >= 11 is 0. The van der Waals surface area contributed by atoms with E-state index in [1.165, 1.54) is 0 Å². The zero-order valence-electron chi connectivity index (χ0n) is 11.3. The van der Waals surface area contributed by atoms with Gasteiger partial charge in [0.1, 0.15) is 12.1 Å². The van der Waals surface area contributed by atoms with Gasteiger partial charge in [0.15, 0.2) is 11.5 Å². The lowest BCUT2D eigenvalue weighted by atomic mass is 10.0. The second kappa shape index (κ2) is 5.56. The number of nitriles is 2. The van der Waals surface area contributed by atoms with Crippen molar-refractivity contribution in [1.82, 2.24) is 0 Å². The molecule has 21 heavy (non-hydrogen) atoms. The molecule has 2 aromatic carbocycles. The van der Waals surface area contributed by atoms with Gasteiger partial charge in [-0.1, -0.05) is 12.1 Å². The van der Waals surface area contributed by atoms with Gasteiger partial charge in [0, 0.05) is 0 Å². The van der Waals surface area contributed by atoms with Gasteiger partial charge in [0.25, 0.3) is 0 Å². The van der Waals surface area contributed by atoms with Crippen molar-refractivity contribution in [2.75, 3.05) is 0 Å². The van der Waals surface area contributed by atoms with Crippen LogP contribution in [0.15, 0.2) is 36.4 Å². The fourth-order valence-corrected chi connectivity index (χ4v) is 2.35. The van der Waals surface area contributed by atoms with Crippen molar-refractivity contribution in [2.24, 2.45) is 0 Å². The van der Waals surface area contributed by atoms with Gasteiger partial charge in [0.2, 0.25) is 0 Å². The van der Waals surface area contributed by atoms with E-state index >= 15 is 0 Å². The van der Waals surface area contributed by atoms with Crippen LogP contribution in [0.4, 0.5) is 0 Å². The molecular formula is C17H12N2O2. The predicted octanol–water partition coefficient (Wildman–Crippen LogP) is 3.29. The summed E-state index contributed by atoms with van der Waals surface area (Å²) in [6.07, 6.45) is 2.78. The molecule has 1 aliphatic heterocycles. The van der Waals surface area contributed by atoms with E-state index in [4.69, 9.17) is 20.3 Å². The van der Waals surface area contributed by atoms with Crippen LogP contribution in [0.25, 0.3) is 0 Å². The van der Waals surface area contributed by atoms with Crippen LogP contribution in [0.5, 0.6) is 11.5 Å². The van der Waals surface area contributed by atoms with Crippen molar-refractivity contribution in [1.29, 1.82) is 10.5 Å². The molecule has 0 spiro atoms. The maximum absolute atomic E-state index is 9.11. The number of nitrogens with zero attached hydrogens (tertiary/aromatic N) is 2. The Hall–Kier alpha value is -2.98. The maximum Gasteiger partial charge on any atom is 0.196 e. The van der Waals surface area contributed by atoms with E-state index in [-0.39, 0.29) is 0 Å². The molecule has 0 aromatic heterocycles. The Kier molecular flexibility index (Phi) is 3.45. The highest BCUT2D eigenvalue weighted by molar-refractivity contribution is 5.47. The average Bonchev–Trinajstić information content (AvgIpc) is 2.54. The minimum atomic E-state index is 0.381. The Morgan fingerprint density at radius 2 is 1.24 bits per heavy atom. The second-order valence-corrected chi connectivity index (χ2v) is 4.90. The first-order chi connectivity index (χ1) is 10.3. The Morgan fingerprint density at radius 3 is 1.67 bits per heavy atom. The van der Waals surface area contributed by atoms with Gasteiger partial charge in [-0.3, -0.25) is 9.78 Å². The third kappa shape index (κ3) is 2.66. The molecule has 0 saturated heterocycles. The number of aryl methyl sites for hydroxylation is 2. The van der Waals surface area contributed by atoms with Gasteiger partial charge in [-0.15, -0.1) is 0 Å². The molecule has 4 bridgehead atoms. The molecule has 1 heterocycles. The number of fused-ring (bicyclic) bond motifs is 4. The first kappa shape index (κ1) is 13.0. The maximum atomic E-state index is 9.11. The highest BCUT2D eigenvalue weighted by atomic mass is 17.2. The zero-order chi connectivity index (χ0) is 14.7. The summed E-state index contributed by atoms with van der Waals surface area (Å²) in [5.41, 5.74) is 3.02. The van der Waals surface area contributed by atoms with Crippen LogP contribution in [-0.2, 0) is 12.8 Å². The van der Waals surface area contributed by atoms with E-state index in [2.05, 4.69) is 12.1 Å². The summed E-state index contributed by atoms with van der Waals surface area (Å²) in [6, 6.07) is 15.1. The van der Waals surface area contributed by atoms with E-state index in [1.54, 1.807) is 12.1 Å². The SMILES string of the molecule is N#Cc1ccc2cc1OOc1cc(ccc1C#N)CCC2. The Bertz CT molecular complexity index is 704. The van der Waals surface area contributed by atoms with Crippen molar-refractivity contribution < 1.29 is 9.78 Å². The third-order valence-electron chi connectivity index (χ3n) is 3.49. The Labute approximate surface area is 122 Å². The van der Waals surface area contributed by atoms with Crippen LogP contribution in [0.1, 0.15) is 28.7 Å². The smallest absolute Gasteiger partial charge is 0.196 e. The van der Waals surface area contributed by atoms with Crippen molar-refractivity contribution in [3.63, 3.8) is 0 Å². The predicted molar refractivity (Wildman–Crippen MR) is 75.6 cm³/mol. The van der Waals surface area contributed by atoms with Crippen LogP contribution in [0, 0.1) is 22.7 Å². The first-order valence-electron chi connectivity index (χ1n) is 6.71. The average molecular weight is 276 g/mol. The van der Waals surface area contributed by atoms with Gasteiger partial charge in [0.05, 0.1) is 11.1 Å². The number of hydrogen-bond acceptors (Lipinski definition) is 4. The molecule has 1 aliphatic rings. The lowest BCUT2D eigenvalue weighted by Crippen LogP contribution is -2.04. The van der Waals surface area contributed by atoms with Gasteiger partial charge in [-0.05, 0) is 54.7 Å². The lowest BCUT2D eigenvalue weighted by Gasteiger charge is -2.09. The van der Waals surface area contributed by atoms with Crippen LogP contribution in [0.3, 0.4) is 0 Å². The molecule has 4 heteroatoms. The lowest BCUT2D eigenvalue weighted by molar-refractivity contribution is -0.100. The molecule has 0 saturated carbocycles. The molecule has 0 unspecified atom stereocenters. The summed E-state index contributed by atoms with van der Waals surface area (Å²) in [4.78, 5) is 10.6. The highest BCUT2D eigenvalue weighted by Gasteiger charge is 2.12. The summed E-state index contributed by atoms with van der Waals surface area (Å²) in [7, 11) is 0. The minimum absolute atomic E-state index is 0.381. The third-order valence-corrected chi connectivity index (χ3v) is 3.49. The Morgan fingerprint density at radius 1 is 0.762 bits per heavy atom. The monoisotopic (exact) mass is 276 g/mol. The summed E-state index contributed by atoms with van der Waals surface area (Å²) in [5.74, 6) is 0.761. The fraction of sp³-hybridized carbons (Fsp3) is 0.176. The molecule has 4 nitrogen and oxygen atoms in total. The van der Waals surface area contributed by atoms with Crippen LogP contribution < -0.4 is 9.78 Å². The molecule has 2 aromatic rings. The normalized spacial score (nSPS) is 12.9. The highest BCUT2D eigenvalue weighted by Crippen LogP contribution is 2.26. The van der Waals surface area contributed by atoms with E-state index in [1.807, 2.05) is 24.3 Å². The number of benzene rings is 2. The second-order valence-electron chi connectivity index (χ2n) is 4.90. The summed E-state index contributed by atoms with van der Waals surface area (Å²) < 4.78 is 0. The minimum Gasteiger partial charge on any atom is -0.288 e. The Balaban J connectivity index is 2.03. The molecule has 0 atom stereocenters. The van der Waals surface area contributed by atoms with Gasteiger partial charge < -0.3 is 0 Å². The van der Waals surface area contributed by atoms with Gasteiger partial charge in [-0.2, -0.15) is 10.5 Å².